The number of anilines is 1. The Morgan fingerprint density at radius 3 is 2.68 bits per heavy atom. The topological polar surface area (TPSA) is 84.6 Å². The van der Waals surface area contributed by atoms with Crippen molar-refractivity contribution < 1.29 is 14.6 Å². The number of carboxylic acid groups (broad SMARTS) is 1. The van der Waals surface area contributed by atoms with Crippen molar-refractivity contribution in [1.29, 1.82) is 0 Å². The summed E-state index contributed by atoms with van der Waals surface area (Å²) in [5.41, 5.74) is 7.76. The lowest BCUT2D eigenvalue weighted by Gasteiger charge is -2.16. The van der Waals surface area contributed by atoms with Crippen LogP contribution in [0.3, 0.4) is 0 Å². The molecular formula is C14H22N2O3. The summed E-state index contributed by atoms with van der Waals surface area (Å²) in [4.78, 5) is 10.6. The molecule has 0 aromatic heterocycles. The van der Waals surface area contributed by atoms with E-state index in [-0.39, 0.29) is 6.42 Å². The zero-order valence-corrected chi connectivity index (χ0v) is 11.6. The first-order chi connectivity index (χ1) is 8.93. The van der Waals surface area contributed by atoms with Gasteiger partial charge in [0.05, 0.1) is 19.2 Å². The van der Waals surface area contributed by atoms with E-state index in [1.165, 1.54) is 5.56 Å². The molecule has 0 aliphatic heterocycles. The van der Waals surface area contributed by atoms with Crippen molar-refractivity contribution in [3.63, 3.8) is 0 Å². The first-order valence-electron chi connectivity index (χ1n) is 6.33. The van der Waals surface area contributed by atoms with Gasteiger partial charge in [0, 0.05) is 12.6 Å². The minimum atomic E-state index is -0.891. The van der Waals surface area contributed by atoms with Gasteiger partial charge in [-0.15, -0.1) is 0 Å². The Morgan fingerprint density at radius 2 is 2.16 bits per heavy atom. The molecule has 5 nitrogen and oxygen atoms in total. The van der Waals surface area contributed by atoms with E-state index in [0.29, 0.717) is 12.5 Å². The largest absolute Gasteiger partial charge is 0.495 e. The third-order valence-corrected chi connectivity index (χ3v) is 2.88. The predicted molar refractivity (Wildman–Crippen MR) is 75.8 cm³/mol. The molecule has 0 bridgehead atoms. The van der Waals surface area contributed by atoms with Crippen LogP contribution in [0.2, 0.25) is 0 Å². The van der Waals surface area contributed by atoms with E-state index in [0.717, 1.165) is 11.4 Å². The molecule has 0 saturated carbocycles. The number of nitrogens with two attached hydrogens (primary N) is 1. The molecule has 1 atom stereocenters. The lowest BCUT2D eigenvalue weighted by atomic mass is 10.0. The Balaban J connectivity index is 2.75. The summed E-state index contributed by atoms with van der Waals surface area (Å²) in [5, 5.41) is 11.8. The van der Waals surface area contributed by atoms with Gasteiger partial charge in [0.1, 0.15) is 5.75 Å². The van der Waals surface area contributed by atoms with Crippen LogP contribution in [0.5, 0.6) is 5.75 Å². The zero-order valence-electron chi connectivity index (χ0n) is 11.6. The summed E-state index contributed by atoms with van der Waals surface area (Å²) in [6, 6.07) is 5.51. The molecule has 1 rings (SSSR count). The summed E-state index contributed by atoms with van der Waals surface area (Å²) in [6.07, 6.45) is -0.0564. The molecule has 5 heteroatoms. The number of aliphatic carboxylic acids is 1. The maximum atomic E-state index is 10.6. The van der Waals surface area contributed by atoms with Crippen LogP contribution in [0.1, 0.15) is 31.7 Å². The number of carboxylic acids is 1. The second kappa shape index (κ2) is 6.99. The maximum absolute atomic E-state index is 10.6. The second-order valence-electron chi connectivity index (χ2n) is 4.85. The molecule has 0 radical (unpaired) electrons. The van der Waals surface area contributed by atoms with Crippen LogP contribution in [0.25, 0.3) is 0 Å². The highest BCUT2D eigenvalue weighted by molar-refractivity contribution is 5.67. The average Bonchev–Trinajstić information content (AvgIpc) is 2.35. The molecule has 0 fully saturated rings. The Bertz CT molecular complexity index is 433. The Morgan fingerprint density at radius 1 is 1.47 bits per heavy atom. The fourth-order valence-electron chi connectivity index (χ4n) is 1.76. The van der Waals surface area contributed by atoms with Gasteiger partial charge in [-0.3, -0.25) is 4.79 Å². The first-order valence-corrected chi connectivity index (χ1v) is 6.33. The quantitative estimate of drug-likeness (QED) is 0.703. The second-order valence-corrected chi connectivity index (χ2v) is 4.85. The van der Waals surface area contributed by atoms with Crippen LogP contribution in [0, 0.1) is 0 Å². The Hall–Kier alpha value is -1.75. The SMILES string of the molecule is COc1ccc(C(C)C)cc1NCC(N)CC(=O)O. The van der Waals surface area contributed by atoms with E-state index in [2.05, 4.69) is 19.2 Å². The van der Waals surface area contributed by atoms with Crippen LogP contribution >= 0.6 is 0 Å². The van der Waals surface area contributed by atoms with Gasteiger partial charge in [0.2, 0.25) is 0 Å². The van der Waals surface area contributed by atoms with Gasteiger partial charge in [-0.05, 0) is 23.6 Å². The Kier molecular flexibility index (Phi) is 5.63. The molecular weight excluding hydrogens is 244 g/mol. The molecule has 1 aromatic rings. The van der Waals surface area contributed by atoms with Gasteiger partial charge >= 0.3 is 5.97 Å². The maximum Gasteiger partial charge on any atom is 0.304 e. The minimum absolute atomic E-state index is 0.0564. The van der Waals surface area contributed by atoms with Crippen LogP contribution in [0.15, 0.2) is 18.2 Å². The number of carbonyl (C=O) groups is 1. The molecule has 4 N–H and O–H groups in total. The van der Waals surface area contributed by atoms with E-state index in [1.54, 1.807) is 7.11 Å². The van der Waals surface area contributed by atoms with Crippen LogP contribution in [-0.2, 0) is 4.79 Å². The van der Waals surface area contributed by atoms with E-state index in [1.807, 2.05) is 18.2 Å². The molecule has 0 saturated heterocycles. The molecule has 0 amide bonds. The number of rotatable bonds is 7. The monoisotopic (exact) mass is 266 g/mol. The predicted octanol–water partition coefficient (Wildman–Crippen LogP) is 2.03. The number of ether oxygens (including phenoxy) is 1. The molecule has 0 spiro atoms. The molecule has 106 valence electrons. The van der Waals surface area contributed by atoms with Crippen molar-refractivity contribution >= 4 is 11.7 Å². The van der Waals surface area contributed by atoms with E-state index >= 15 is 0 Å². The molecule has 1 aromatic carbocycles. The number of hydrogen-bond donors (Lipinski definition) is 3. The lowest BCUT2D eigenvalue weighted by molar-refractivity contribution is -0.137. The fourth-order valence-corrected chi connectivity index (χ4v) is 1.76. The van der Waals surface area contributed by atoms with Crippen molar-refractivity contribution in [2.24, 2.45) is 5.73 Å². The summed E-state index contributed by atoms with van der Waals surface area (Å²) in [6.45, 7) is 4.62. The van der Waals surface area contributed by atoms with Crippen LogP contribution in [0.4, 0.5) is 5.69 Å². The summed E-state index contributed by atoms with van der Waals surface area (Å²) >= 11 is 0. The standard InChI is InChI=1S/C14H22N2O3/c1-9(2)10-4-5-13(19-3)12(6-10)16-8-11(15)7-14(17)18/h4-6,9,11,16H,7-8,15H2,1-3H3,(H,17,18). The molecule has 19 heavy (non-hydrogen) atoms. The number of nitrogens with one attached hydrogen (secondary N) is 1. The van der Waals surface area contributed by atoms with E-state index < -0.39 is 12.0 Å². The fraction of sp³-hybridized carbons (Fsp3) is 0.500. The molecule has 1 unspecified atom stereocenters. The highest BCUT2D eigenvalue weighted by atomic mass is 16.5. The van der Waals surface area contributed by atoms with Gasteiger partial charge in [0.15, 0.2) is 0 Å². The van der Waals surface area contributed by atoms with Gasteiger partial charge in [-0.25, -0.2) is 0 Å². The van der Waals surface area contributed by atoms with Crippen molar-refractivity contribution in [1.82, 2.24) is 0 Å². The Labute approximate surface area is 113 Å². The third kappa shape index (κ3) is 4.79. The van der Waals surface area contributed by atoms with Crippen LogP contribution < -0.4 is 15.8 Å². The summed E-state index contributed by atoms with van der Waals surface area (Å²) < 4.78 is 5.27. The zero-order chi connectivity index (χ0) is 14.4. The number of methoxy groups -OCH3 is 1. The summed E-state index contributed by atoms with van der Waals surface area (Å²) in [5.74, 6) is 0.253. The number of benzene rings is 1. The van der Waals surface area contributed by atoms with Gasteiger partial charge in [0.25, 0.3) is 0 Å². The lowest BCUT2D eigenvalue weighted by Crippen LogP contribution is -2.31. The molecule has 0 heterocycles. The highest BCUT2D eigenvalue weighted by Gasteiger charge is 2.10. The number of hydrogen-bond acceptors (Lipinski definition) is 4. The van der Waals surface area contributed by atoms with Gasteiger partial charge in [-0.1, -0.05) is 19.9 Å². The first kappa shape index (κ1) is 15.3. The van der Waals surface area contributed by atoms with Crippen LogP contribution in [-0.4, -0.2) is 30.8 Å². The summed E-state index contributed by atoms with van der Waals surface area (Å²) in [7, 11) is 1.60. The van der Waals surface area contributed by atoms with Crippen molar-refractivity contribution in [2.45, 2.75) is 32.2 Å². The highest BCUT2D eigenvalue weighted by Crippen LogP contribution is 2.28. The normalized spacial score (nSPS) is 12.3. The van der Waals surface area contributed by atoms with Crippen molar-refractivity contribution in [3.8, 4) is 5.75 Å². The van der Waals surface area contributed by atoms with E-state index in [4.69, 9.17) is 15.6 Å². The van der Waals surface area contributed by atoms with Crippen molar-refractivity contribution in [2.75, 3.05) is 19.0 Å². The molecule has 0 aliphatic carbocycles. The van der Waals surface area contributed by atoms with Gasteiger partial charge in [-0.2, -0.15) is 0 Å². The van der Waals surface area contributed by atoms with Crippen molar-refractivity contribution in [3.05, 3.63) is 23.8 Å². The van der Waals surface area contributed by atoms with E-state index in [9.17, 15) is 4.79 Å². The average molecular weight is 266 g/mol. The van der Waals surface area contributed by atoms with Gasteiger partial charge < -0.3 is 20.9 Å². The minimum Gasteiger partial charge on any atom is -0.495 e. The smallest absolute Gasteiger partial charge is 0.304 e. The molecule has 0 aliphatic rings. The third-order valence-electron chi connectivity index (χ3n) is 2.88.